The Bertz CT molecular complexity index is 179. The maximum atomic E-state index is 3.37. The van der Waals surface area contributed by atoms with Crippen LogP contribution in [0.25, 0.3) is 0 Å². The van der Waals surface area contributed by atoms with Gasteiger partial charge in [-0.05, 0) is 37.1 Å². The molecule has 1 fully saturated rings. The highest BCUT2D eigenvalue weighted by Gasteiger charge is 2.17. The van der Waals surface area contributed by atoms with Gasteiger partial charge in [0.2, 0.25) is 0 Å². The molecule has 54 valence electrons. The molecule has 0 spiro atoms. The molecule has 0 aromatic rings. The highest BCUT2D eigenvalue weighted by molar-refractivity contribution is 5.23. The fourth-order valence-corrected chi connectivity index (χ4v) is 1.77. The molecule has 0 aromatic carbocycles. The summed E-state index contributed by atoms with van der Waals surface area (Å²) in [5.74, 6) is 0. The van der Waals surface area contributed by atoms with Crippen LogP contribution >= 0.6 is 0 Å². The quantitative estimate of drug-likeness (QED) is 0.535. The standard InChI is InChI=1S/C9H13N/c1-2-6-9-8(4-1)5-3-7-10-9/h3,5,7,9-10H,1-2,4,6H2/t9-/m1/s1. The van der Waals surface area contributed by atoms with Gasteiger partial charge in [-0.3, -0.25) is 0 Å². The first-order valence-corrected chi connectivity index (χ1v) is 4.08. The van der Waals surface area contributed by atoms with E-state index in [0.29, 0.717) is 6.04 Å². The summed E-state index contributed by atoms with van der Waals surface area (Å²) < 4.78 is 0. The summed E-state index contributed by atoms with van der Waals surface area (Å²) in [6, 6.07) is 0.679. The van der Waals surface area contributed by atoms with Crippen molar-refractivity contribution in [3.05, 3.63) is 23.9 Å². The molecule has 1 aliphatic heterocycles. The lowest BCUT2D eigenvalue weighted by Gasteiger charge is -2.27. The Morgan fingerprint density at radius 3 is 3.30 bits per heavy atom. The maximum Gasteiger partial charge on any atom is 0.0471 e. The van der Waals surface area contributed by atoms with E-state index in [9.17, 15) is 0 Å². The first-order chi connectivity index (χ1) is 4.97. The topological polar surface area (TPSA) is 12.0 Å². The van der Waals surface area contributed by atoms with Crippen molar-refractivity contribution < 1.29 is 0 Å². The largest absolute Gasteiger partial charge is 0.384 e. The van der Waals surface area contributed by atoms with Crippen LogP contribution in [0.15, 0.2) is 23.9 Å². The number of nitrogens with one attached hydrogen (secondary N) is 1. The number of hydrogen-bond acceptors (Lipinski definition) is 1. The predicted octanol–water partition coefficient (Wildman–Crippen LogP) is 1.97. The van der Waals surface area contributed by atoms with Crippen LogP contribution in [-0.2, 0) is 0 Å². The van der Waals surface area contributed by atoms with Crippen LogP contribution in [0.4, 0.5) is 0 Å². The lowest BCUT2D eigenvalue weighted by molar-refractivity contribution is 0.490. The molecule has 0 bridgehead atoms. The Morgan fingerprint density at radius 1 is 1.40 bits per heavy atom. The predicted molar refractivity (Wildman–Crippen MR) is 42.6 cm³/mol. The third-order valence-corrected chi connectivity index (χ3v) is 2.36. The fourth-order valence-electron chi connectivity index (χ4n) is 1.77. The van der Waals surface area contributed by atoms with Crippen molar-refractivity contribution in [2.24, 2.45) is 0 Å². The maximum absolute atomic E-state index is 3.37. The minimum Gasteiger partial charge on any atom is -0.384 e. The van der Waals surface area contributed by atoms with Crippen LogP contribution < -0.4 is 5.32 Å². The summed E-state index contributed by atoms with van der Waals surface area (Å²) in [5.41, 5.74) is 1.61. The van der Waals surface area contributed by atoms with Gasteiger partial charge in [-0.2, -0.15) is 0 Å². The number of dihydropyridines is 1. The summed E-state index contributed by atoms with van der Waals surface area (Å²) in [5, 5.41) is 3.37. The average molecular weight is 135 g/mol. The van der Waals surface area contributed by atoms with Crippen molar-refractivity contribution in [2.45, 2.75) is 31.7 Å². The van der Waals surface area contributed by atoms with Crippen molar-refractivity contribution >= 4 is 0 Å². The summed E-state index contributed by atoms with van der Waals surface area (Å²) in [6.07, 6.45) is 11.8. The minimum atomic E-state index is 0.679. The molecule has 2 aliphatic rings. The van der Waals surface area contributed by atoms with Gasteiger partial charge < -0.3 is 5.32 Å². The molecule has 1 heterocycles. The van der Waals surface area contributed by atoms with Crippen LogP contribution in [0.5, 0.6) is 0 Å². The third-order valence-electron chi connectivity index (χ3n) is 2.36. The SMILES string of the molecule is C1=CN[C@@H]2CCCCC2=C1. The van der Waals surface area contributed by atoms with Crippen molar-refractivity contribution in [2.75, 3.05) is 0 Å². The first-order valence-electron chi connectivity index (χ1n) is 4.08. The van der Waals surface area contributed by atoms with E-state index in [4.69, 9.17) is 0 Å². The molecular weight excluding hydrogens is 122 g/mol. The number of hydrogen-bond donors (Lipinski definition) is 1. The molecule has 1 heteroatoms. The Kier molecular flexibility index (Phi) is 1.50. The van der Waals surface area contributed by atoms with E-state index < -0.39 is 0 Å². The Hall–Kier alpha value is -0.720. The van der Waals surface area contributed by atoms with Crippen molar-refractivity contribution in [1.82, 2.24) is 5.32 Å². The van der Waals surface area contributed by atoms with Gasteiger partial charge in [0, 0.05) is 6.04 Å². The van der Waals surface area contributed by atoms with Crippen LogP contribution in [0.1, 0.15) is 25.7 Å². The fraction of sp³-hybridized carbons (Fsp3) is 0.556. The molecule has 1 aliphatic carbocycles. The zero-order valence-electron chi connectivity index (χ0n) is 6.14. The average Bonchev–Trinajstić information content (AvgIpc) is 2.05. The van der Waals surface area contributed by atoms with Crippen molar-refractivity contribution in [3.63, 3.8) is 0 Å². The highest BCUT2D eigenvalue weighted by Crippen LogP contribution is 2.24. The van der Waals surface area contributed by atoms with Crippen LogP contribution in [0, 0.1) is 0 Å². The Balaban J connectivity index is 2.14. The van der Waals surface area contributed by atoms with E-state index in [0.717, 1.165) is 0 Å². The molecule has 1 atom stereocenters. The number of allylic oxidation sites excluding steroid dienone is 2. The molecular formula is C9H13N. The van der Waals surface area contributed by atoms with E-state index >= 15 is 0 Å². The van der Waals surface area contributed by atoms with Crippen molar-refractivity contribution in [1.29, 1.82) is 0 Å². The van der Waals surface area contributed by atoms with Gasteiger partial charge >= 0.3 is 0 Å². The van der Waals surface area contributed by atoms with Gasteiger partial charge in [0.1, 0.15) is 0 Å². The van der Waals surface area contributed by atoms with Crippen LogP contribution in [-0.4, -0.2) is 6.04 Å². The summed E-state index contributed by atoms with van der Waals surface area (Å²) in [6.45, 7) is 0. The minimum absolute atomic E-state index is 0.679. The molecule has 1 saturated carbocycles. The van der Waals surface area contributed by atoms with Gasteiger partial charge in [0.15, 0.2) is 0 Å². The van der Waals surface area contributed by atoms with Gasteiger partial charge in [0.05, 0.1) is 0 Å². The Morgan fingerprint density at radius 2 is 2.40 bits per heavy atom. The van der Waals surface area contributed by atoms with E-state index in [1.165, 1.54) is 25.7 Å². The Labute approximate surface area is 61.8 Å². The lowest BCUT2D eigenvalue weighted by atomic mass is 9.89. The number of rotatable bonds is 0. The summed E-state index contributed by atoms with van der Waals surface area (Å²) in [4.78, 5) is 0. The second kappa shape index (κ2) is 2.49. The summed E-state index contributed by atoms with van der Waals surface area (Å²) in [7, 11) is 0. The zero-order valence-corrected chi connectivity index (χ0v) is 6.14. The number of fused-ring (bicyclic) bond motifs is 1. The third kappa shape index (κ3) is 0.962. The van der Waals surface area contributed by atoms with Gasteiger partial charge in [-0.15, -0.1) is 0 Å². The second-order valence-corrected chi connectivity index (χ2v) is 3.07. The van der Waals surface area contributed by atoms with Crippen LogP contribution in [0.2, 0.25) is 0 Å². The van der Waals surface area contributed by atoms with E-state index in [1.54, 1.807) is 5.57 Å². The highest BCUT2D eigenvalue weighted by atomic mass is 14.9. The van der Waals surface area contributed by atoms with E-state index in [-0.39, 0.29) is 0 Å². The second-order valence-electron chi connectivity index (χ2n) is 3.07. The van der Waals surface area contributed by atoms with Crippen molar-refractivity contribution in [3.8, 4) is 0 Å². The van der Waals surface area contributed by atoms with Gasteiger partial charge in [-0.25, -0.2) is 0 Å². The molecule has 2 rings (SSSR count). The smallest absolute Gasteiger partial charge is 0.0471 e. The molecule has 10 heavy (non-hydrogen) atoms. The molecule has 0 unspecified atom stereocenters. The first kappa shape index (κ1) is 6.02. The molecule has 0 amide bonds. The van der Waals surface area contributed by atoms with Gasteiger partial charge in [0.25, 0.3) is 0 Å². The van der Waals surface area contributed by atoms with E-state index in [2.05, 4.69) is 23.7 Å². The normalized spacial score (nSPS) is 30.4. The van der Waals surface area contributed by atoms with E-state index in [1.807, 2.05) is 0 Å². The van der Waals surface area contributed by atoms with Crippen LogP contribution in [0.3, 0.4) is 0 Å². The lowest BCUT2D eigenvalue weighted by Crippen LogP contribution is -2.30. The molecule has 1 nitrogen and oxygen atoms in total. The zero-order chi connectivity index (χ0) is 6.81. The molecule has 0 aromatic heterocycles. The summed E-state index contributed by atoms with van der Waals surface area (Å²) >= 11 is 0. The molecule has 0 radical (unpaired) electrons. The molecule has 1 N–H and O–H groups in total. The monoisotopic (exact) mass is 135 g/mol. The van der Waals surface area contributed by atoms with Gasteiger partial charge in [-0.1, -0.05) is 12.5 Å². The molecule has 0 saturated heterocycles.